The second kappa shape index (κ2) is 9.16. The lowest BCUT2D eigenvalue weighted by Gasteiger charge is -2.35. The third kappa shape index (κ3) is 4.24. The Morgan fingerprint density at radius 2 is 1.81 bits per heavy atom. The van der Waals surface area contributed by atoms with Crippen LogP contribution in [0.4, 0.5) is 5.82 Å². The number of amides is 1. The summed E-state index contributed by atoms with van der Waals surface area (Å²) in [6, 6.07) is -0.0647. The topological polar surface area (TPSA) is 88.2 Å². The van der Waals surface area contributed by atoms with Gasteiger partial charge in [-0.15, -0.1) is 0 Å². The van der Waals surface area contributed by atoms with E-state index in [2.05, 4.69) is 22.1 Å². The number of aromatic nitrogens is 4. The van der Waals surface area contributed by atoms with Gasteiger partial charge >= 0.3 is 0 Å². The van der Waals surface area contributed by atoms with Gasteiger partial charge in [0.15, 0.2) is 5.82 Å². The van der Waals surface area contributed by atoms with Crippen LogP contribution >= 0.6 is 0 Å². The highest BCUT2D eigenvalue weighted by molar-refractivity contribution is 5.79. The van der Waals surface area contributed by atoms with Crippen molar-refractivity contribution in [2.75, 3.05) is 24.5 Å². The minimum absolute atomic E-state index is 0.0457. The fraction of sp³-hybridized carbons (Fsp3) is 0.708. The normalized spacial score (nSPS) is 21.8. The lowest BCUT2D eigenvalue weighted by atomic mass is 9.88. The lowest BCUT2D eigenvalue weighted by molar-refractivity contribution is -0.131. The van der Waals surface area contributed by atoms with Crippen molar-refractivity contribution in [1.82, 2.24) is 25.2 Å². The number of hydrogen-bond acceptors (Lipinski definition) is 7. The van der Waals surface area contributed by atoms with Crippen molar-refractivity contribution in [1.29, 1.82) is 0 Å². The summed E-state index contributed by atoms with van der Waals surface area (Å²) in [6.07, 6.45) is 11.1. The smallest absolute Gasteiger partial charge is 0.229 e. The first-order chi connectivity index (χ1) is 15.6. The average Bonchev–Trinajstić information content (AvgIpc) is 3.44. The molecule has 1 saturated heterocycles. The zero-order valence-corrected chi connectivity index (χ0v) is 19.3. The van der Waals surface area contributed by atoms with Crippen LogP contribution in [0, 0.1) is 19.8 Å². The van der Waals surface area contributed by atoms with Gasteiger partial charge in [0.2, 0.25) is 5.91 Å². The molecule has 0 spiro atoms. The van der Waals surface area contributed by atoms with Crippen LogP contribution in [0.2, 0.25) is 0 Å². The SMILES string of the molecule is Cc1nonc1CC(=O)N1CCCC1c1nc(C)c2c(n1)N(CC1CCCCC1)CCC2. The standard InChI is InChI=1S/C24H34N6O2/c1-16-19-10-6-12-29(15-18-8-4-3-5-9-18)24(19)26-23(25-16)21-11-7-13-30(21)22(31)14-20-17(2)27-32-28-20/h18,21H,3-15H2,1-2H3. The number of rotatable bonds is 5. The minimum atomic E-state index is -0.0647. The molecule has 172 valence electrons. The highest BCUT2D eigenvalue weighted by Crippen LogP contribution is 2.35. The Morgan fingerprint density at radius 3 is 2.59 bits per heavy atom. The van der Waals surface area contributed by atoms with Crippen molar-refractivity contribution in [3.8, 4) is 0 Å². The molecular weight excluding hydrogens is 404 g/mol. The molecule has 0 bridgehead atoms. The molecule has 2 aromatic heterocycles. The van der Waals surface area contributed by atoms with Crippen molar-refractivity contribution in [2.24, 2.45) is 5.92 Å². The van der Waals surface area contributed by atoms with Crippen LogP contribution in [0.5, 0.6) is 0 Å². The number of hydrogen-bond donors (Lipinski definition) is 0. The Morgan fingerprint density at radius 1 is 0.969 bits per heavy atom. The van der Waals surface area contributed by atoms with Gasteiger partial charge in [-0.25, -0.2) is 14.6 Å². The maximum atomic E-state index is 13.1. The Labute approximate surface area is 189 Å². The van der Waals surface area contributed by atoms with Gasteiger partial charge < -0.3 is 9.80 Å². The molecule has 8 nitrogen and oxygen atoms in total. The predicted molar refractivity (Wildman–Crippen MR) is 120 cm³/mol. The summed E-state index contributed by atoms with van der Waals surface area (Å²) in [5, 5.41) is 7.69. The molecular formula is C24H34N6O2. The lowest BCUT2D eigenvalue weighted by Crippen LogP contribution is -2.37. The second-order valence-electron chi connectivity index (χ2n) is 9.74. The molecule has 1 unspecified atom stereocenters. The molecule has 5 rings (SSSR count). The van der Waals surface area contributed by atoms with Gasteiger partial charge in [0.1, 0.15) is 17.2 Å². The number of anilines is 1. The van der Waals surface area contributed by atoms with Crippen molar-refractivity contribution in [3.63, 3.8) is 0 Å². The van der Waals surface area contributed by atoms with E-state index in [1.807, 2.05) is 11.8 Å². The van der Waals surface area contributed by atoms with Gasteiger partial charge in [-0.1, -0.05) is 29.6 Å². The molecule has 8 heteroatoms. The van der Waals surface area contributed by atoms with E-state index in [1.165, 1.54) is 44.1 Å². The van der Waals surface area contributed by atoms with Crippen molar-refractivity contribution in [2.45, 2.75) is 84.1 Å². The van der Waals surface area contributed by atoms with E-state index in [0.29, 0.717) is 11.4 Å². The summed E-state index contributed by atoms with van der Waals surface area (Å²) in [5.74, 6) is 2.75. The first kappa shape index (κ1) is 21.3. The Balaban J connectivity index is 1.38. The molecule has 4 heterocycles. The molecule has 1 saturated carbocycles. The van der Waals surface area contributed by atoms with E-state index in [1.54, 1.807) is 0 Å². The highest BCUT2D eigenvalue weighted by atomic mass is 16.6. The van der Waals surface area contributed by atoms with E-state index in [0.717, 1.165) is 62.2 Å². The van der Waals surface area contributed by atoms with Gasteiger partial charge in [-0.05, 0) is 58.3 Å². The third-order valence-electron chi connectivity index (χ3n) is 7.50. The number of carbonyl (C=O) groups is 1. The fourth-order valence-electron chi connectivity index (χ4n) is 5.71. The molecule has 1 atom stereocenters. The van der Waals surface area contributed by atoms with Crippen LogP contribution in [-0.4, -0.2) is 50.7 Å². The number of aryl methyl sites for hydroxylation is 2. The van der Waals surface area contributed by atoms with Crippen LogP contribution in [0.15, 0.2) is 4.63 Å². The van der Waals surface area contributed by atoms with Gasteiger partial charge in [0.05, 0.1) is 12.5 Å². The van der Waals surface area contributed by atoms with Crippen molar-refractivity contribution >= 4 is 11.7 Å². The maximum Gasteiger partial charge on any atom is 0.229 e. The summed E-state index contributed by atoms with van der Waals surface area (Å²) in [7, 11) is 0. The maximum absolute atomic E-state index is 13.1. The monoisotopic (exact) mass is 438 g/mol. The largest absolute Gasteiger partial charge is 0.356 e. The summed E-state index contributed by atoms with van der Waals surface area (Å²) in [6.45, 7) is 6.84. The molecule has 2 fully saturated rings. The summed E-state index contributed by atoms with van der Waals surface area (Å²) < 4.78 is 4.77. The van der Waals surface area contributed by atoms with Gasteiger partial charge in [0, 0.05) is 30.9 Å². The quantitative estimate of drug-likeness (QED) is 0.703. The third-order valence-corrected chi connectivity index (χ3v) is 7.50. The van der Waals surface area contributed by atoms with Crippen molar-refractivity contribution < 1.29 is 9.42 Å². The molecule has 2 aliphatic heterocycles. The summed E-state index contributed by atoms with van der Waals surface area (Å²) in [5.41, 5.74) is 3.67. The number of fused-ring (bicyclic) bond motifs is 1. The van der Waals surface area contributed by atoms with E-state index in [-0.39, 0.29) is 18.4 Å². The first-order valence-corrected chi connectivity index (χ1v) is 12.3. The van der Waals surface area contributed by atoms with Crippen LogP contribution in [0.1, 0.15) is 85.9 Å². The van der Waals surface area contributed by atoms with Gasteiger partial charge in [-0.3, -0.25) is 4.79 Å². The minimum Gasteiger partial charge on any atom is -0.356 e. The number of carbonyl (C=O) groups excluding carboxylic acids is 1. The summed E-state index contributed by atoms with van der Waals surface area (Å²) >= 11 is 0. The van der Waals surface area contributed by atoms with Crippen molar-refractivity contribution in [3.05, 3.63) is 28.5 Å². The number of nitrogens with zero attached hydrogens (tertiary/aromatic N) is 6. The second-order valence-corrected chi connectivity index (χ2v) is 9.74. The molecule has 1 aliphatic carbocycles. The Kier molecular flexibility index (Phi) is 6.11. The molecule has 32 heavy (non-hydrogen) atoms. The fourth-order valence-corrected chi connectivity index (χ4v) is 5.71. The van der Waals surface area contributed by atoms with Gasteiger partial charge in [0.25, 0.3) is 0 Å². The van der Waals surface area contributed by atoms with Gasteiger partial charge in [-0.2, -0.15) is 0 Å². The zero-order chi connectivity index (χ0) is 22.1. The molecule has 3 aliphatic rings. The summed E-state index contributed by atoms with van der Waals surface area (Å²) in [4.78, 5) is 27.6. The van der Waals surface area contributed by atoms with Crippen LogP contribution in [0.25, 0.3) is 0 Å². The van der Waals surface area contributed by atoms with E-state index in [4.69, 9.17) is 14.6 Å². The number of likely N-dealkylation sites (tertiary alicyclic amines) is 1. The molecule has 0 aromatic carbocycles. The highest BCUT2D eigenvalue weighted by Gasteiger charge is 2.34. The predicted octanol–water partition coefficient (Wildman–Crippen LogP) is 3.72. The Bertz CT molecular complexity index is 967. The molecule has 0 N–H and O–H groups in total. The zero-order valence-electron chi connectivity index (χ0n) is 19.3. The average molecular weight is 439 g/mol. The van der Waals surface area contributed by atoms with E-state index < -0.39 is 0 Å². The van der Waals surface area contributed by atoms with Crippen LogP contribution < -0.4 is 4.90 Å². The molecule has 0 radical (unpaired) electrons. The molecule has 2 aromatic rings. The Hall–Kier alpha value is -2.51. The first-order valence-electron chi connectivity index (χ1n) is 12.3. The molecule has 1 amide bonds. The van der Waals surface area contributed by atoms with Crippen LogP contribution in [0.3, 0.4) is 0 Å². The van der Waals surface area contributed by atoms with E-state index in [9.17, 15) is 4.79 Å². The van der Waals surface area contributed by atoms with E-state index >= 15 is 0 Å². The van der Waals surface area contributed by atoms with Crippen LogP contribution in [-0.2, 0) is 17.6 Å².